The van der Waals surface area contributed by atoms with Crippen molar-refractivity contribution in [3.63, 3.8) is 0 Å². The molecule has 2 aliphatic heterocycles. The van der Waals surface area contributed by atoms with Gasteiger partial charge in [0.15, 0.2) is 5.69 Å². The zero-order valence-electron chi connectivity index (χ0n) is 17.8. The molecule has 2 aromatic rings. The van der Waals surface area contributed by atoms with E-state index in [1.54, 1.807) is 0 Å². The molecule has 0 saturated carbocycles. The van der Waals surface area contributed by atoms with E-state index in [1.807, 2.05) is 4.90 Å². The van der Waals surface area contributed by atoms with Gasteiger partial charge in [-0.05, 0) is 43.0 Å². The number of carbonyl (C=O) groups excluding carboxylic acids is 1. The molecular formula is C22H24F4N4O3. The van der Waals surface area contributed by atoms with E-state index in [4.69, 9.17) is 5.11 Å². The molecule has 2 aliphatic rings. The average Bonchev–Trinajstić information content (AvgIpc) is 3.33. The second-order valence-corrected chi connectivity index (χ2v) is 8.61. The number of benzene rings is 1. The number of amides is 1. The lowest BCUT2D eigenvalue weighted by atomic mass is 10.0. The van der Waals surface area contributed by atoms with Crippen molar-refractivity contribution < 1.29 is 32.3 Å². The predicted octanol–water partition coefficient (Wildman–Crippen LogP) is 2.77. The van der Waals surface area contributed by atoms with Crippen LogP contribution in [0, 0.1) is 11.7 Å². The summed E-state index contributed by atoms with van der Waals surface area (Å²) in [6.45, 7) is 1.42. The zero-order chi connectivity index (χ0) is 23.8. The smallest absolute Gasteiger partial charge is 0.435 e. The number of halogens is 4. The third-order valence-electron chi connectivity index (χ3n) is 6.20. The van der Waals surface area contributed by atoms with Crippen molar-refractivity contribution in [1.29, 1.82) is 0 Å². The van der Waals surface area contributed by atoms with E-state index in [2.05, 4.69) is 5.10 Å². The van der Waals surface area contributed by atoms with Gasteiger partial charge in [-0.2, -0.15) is 18.3 Å². The number of carboxylic acids is 1. The van der Waals surface area contributed by atoms with E-state index < -0.39 is 23.7 Å². The molecule has 0 radical (unpaired) electrons. The minimum atomic E-state index is -4.61. The number of aromatic nitrogens is 2. The Balaban J connectivity index is 1.49. The summed E-state index contributed by atoms with van der Waals surface area (Å²) in [5.41, 5.74) is 0.0796. The van der Waals surface area contributed by atoms with Gasteiger partial charge in [-0.15, -0.1) is 0 Å². The van der Waals surface area contributed by atoms with Crippen molar-refractivity contribution in [2.75, 3.05) is 26.2 Å². The Morgan fingerprint density at radius 3 is 2.55 bits per heavy atom. The molecule has 11 heteroatoms. The summed E-state index contributed by atoms with van der Waals surface area (Å²) >= 11 is 0. The Morgan fingerprint density at radius 2 is 1.88 bits per heavy atom. The highest BCUT2D eigenvalue weighted by Gasteiger charge is 2.41. The quantitative estimate of drug-likeness (QED) is 0.660. The summed E-state index contributed by atoms with van der Waals surface area (Å²) in [4.78, 5) is 27.2. The van der Waals surface area contributed by atoms with Gasteiger partial charge >= 0.3 is 12.1 Å². The molecule has 1 aromatic carbocycles. The number of carboxylic acid groups (broad SMARTS) is 1. The number of rotatable bonds is 6. The van der Waals surface area contributed by atoms with Crippen LogP contribution in [-0.4, -0.2) is 62.7 Å². The number of carbonyl (C=O) groups is 2. The second kappa shape index (κ2) is 9.12. The molecule has 1 atom stereocenters. The predicted molar refractivity (Wildman–Crippen MR) is 109 cm³/mol. The van der Waals surface area contributed by atoms with E-state index in [0.717, 1.165) is 0 Å². The zero-order valence-corrected chi connectivity index (χ0v) is 17.8. The number of alkyl halides is 3. The van der Waals surface area contributed by atoms with Crippen molar-refractivity contribution >= 4 is 11.9 Å². The lowest BCUT2D eigenvalue weighted by molar-refractivity contribution is -0.142. The Labute approximate surface area is 187 Å². The fourth-order valence-corrected chi connectivity index (χ4v) is 4.58. The Hall–Kier alpha value is -2.95. The SMILES string of the molecule is O=C(O)CC1CCN(CC(=O)N2CCc3c(C(F)(F)F)nn(Cc4ccc(F)cc4)c3C2)C1. The van der Waals surface area contributed by atoms with Gasteiger partial charge in [-0.25, -0.2) is 4.39 Å². The van der Waals surface area contributed by atoms with Crippen LogP contribution in [0.25, 0.3) is 0 Å². The summed E-state index contributed by atoms with van der Waals surface area (Å²) in [7, 11) is 0. The summed E-state index contributed by atoms with van der Waals surface area (Å²) in [6, 6.07) is 5.45. The van der Waals surface area contributed by atoms with Crippen LogP contribution in [0.5, 0.6) is 0 Å². The molecule has 0 spiro atoms. The van der Waals surface area contributed by atoms with E-state index in [9.17, 15) is 27.2 Å². The molecule has 1 saturated heterocycles. The van der Waals surface area contributed by atoms with Crippen LogP contribution in [0.15, 0.2) is 24.3 Å². The van der Waals surface area contributed by atoms with Gasteiger partial charge < -0.3 is 10.0 Å². The van der Waals surface area contributed by atoms with Gasteiger partial charge in [0.05, 0.1) is 25.3 Å². The minimum absolute atomic E-state index is 0.00480. The molecule has 3 heterocycles. The largest absolute Gasteiger partial charge is 0.481 e. The van der Waals surface area contributed by atoms with Crippen LogP contribution in [0.2, 0.25) is 0 Å². The van der Waals surface area contributed by atoms with Gasteiger partial charge in [0.25, 0.3) is 0 Å². The lowest BCUT2D eigenvalue weighted by Crippen LogP contribution is -2.42. The van der Waals surface area contributed by atoms with Gasteiger partial charge in [0, 0.05) is 25.1 Å². The van der Waals surface area contributed by atoms with Crippen LogP contribution >= 0.6 is 0 Å². The average molecular weight is 468 g/mol. The summed E-state index contributed by atoms with van der Waals surface area (Å²) < 4.78 is 55.2. The molecule has 7 nitrogen and oxygen atoms in total. The molecule has 0 bridgehead atoms. The Morgan fingerprint density at radius 1 is 1.15 bits per heavy atom. The Bertz CT molecular complexity index is 1040. The minimum Gasteiger partial charge on any atom is -0.481 e. The van der Waals surface area contributed by atoms with Crippen LogP contribution in [-0.2, 0) is 35.3 Å². The number of hydrogen-bond donors (Lipinski definition) is 1. The fraction of sp³-hybridized carbons (Fsp3) is 0.500. The van der Waals surface area contributed by atoms with Gasteiger partial charge in [-0.3, -0.25) is 19.2 Å². The third kappa shape index (κ3) is 5.35. The van der Waals surface area contributed by atoms with Crippen molar-refractivity contribution in [2.24, 2.45) is 5.92 Å². The number of fused-ring (bicyclic) bond motifs is 1. The maximum atomic E-state index is 13.6. The maximum absolute atomic E-state index is 13.6. The topological polar surface area (TPSA) is 78.7 Å². The molecular weight excluding hydrogens is 444 g/mol. The third-order valence-corrected chi connectivity index (χ3v) is 6.20. The number of likely N-dealkylation sites (tertiary alicyclic amines) is 1. The first-order valence-electron chi connectivity index (χ1n) is 10.7. The standard InChI is InChI=1S/C22H24F4N4O3/c23-16-3-1-14(2-4-16)11-30-18-12-29(8-6-17(18)21(27-30)22(24,25)26)19(31)13-28-7-5-15(10-28)9-20(32)33/h1-4,15H,5-13H2,(H,32,33). The molecule has 1 unspecified atom stereocenters. The van der Waals surface area contributed by atoms with Crippen LogP contribution in [0.3, 0.4) is 0 Å². The maximum Gasteiger partial charge on any atom is 0.435 e. The van der Waals surface area contributed by atoms with E-state index in [0.29, 0.717) is 30.8 Å². The Kier molecular flexibility index (Phi) is 6.42. The monoisotopic (exact) mass is 468 g/mol. The van der Waals surface area contributed by atoms with E-state index >= 15 is 0 Å². The lowest BCUT2D eigenvalue weighted by Gasteiger charge is -2.30. The first kappa shape index (κ1) is 23.2. The summed E-state index contributed by atoms with van der Waals surface area (Å²) in [6.07, 6.45) is -3.82. The van der Waals surface area contributed by atoms with Gasteiger partial charge in [0.1, 0.15) is 5.82 Å². The molecule has 1 fully saturated rings. The van der Waals surface area contributed by atoms with Gasteiger partial charge in [0.2, 0.25) is 5.91 Å². The number of aliphatic carboxylic acids is 1. The molecule has 1 aromatic heterocycles. The fourth-order valence-electron chi connectivity index (χ4n) is 4.58. The molecule has 178 valence electrons. The molecule has 33 heavy (non-hydrogen) atoms. The van der Waals surface area contributed by atoms with Crippen molar-refractivity contribution in [3.8, 4) is 0 Å². The molecule has 4 rings (SSSR count). The van der Waals surface area contributed by atoms with Crippen LogP contribution < -0.4 is 0 Å². The summed E-state index contributed by atoms with van der Waals surface area (Å²) in [5, 5.41) is 12.8. The highest BCUT2D eigenvalue weighted by molar-refractivity contribution is 5.78. The molecule has 1 N–H and O–H groups in total. The van der Waals surface area contributed by atoms with Crippen molar-refractivity contribution in [1.82, 2.24) is 19.6 Å². The summed E-state index contributed by atoms with van der Waals surface area (Å²) in [5.74, 6) is -1.53. The highest BCUT2D eigenvalue weighted by atomic mass is 19.4. The number of hydrogen-bond acceptors (Lipinski definition) is 4. The number of nitrogens with zero attached hydrogens (tertiary/aromatic N) is 4. The normalized spacial score (nSPS) is 19.0. The second-order valence-electron chi connectivity index (χ2n) is 8.61. The van der Waals surface area contributed by atoms with Gasteiger partial charge in [-0.1, -0.05) is 12.1 Å². The van der Waals surface area contributed by atoms with E-state index in [-0.39, 0.29) is 56.4 Å². The van der Waals surface area contributed by atoms with Crippen molar-refractivity contribution in [3.05, 3.63) is 52.6 Å². The van der Waals surface area contributed by atoms with Crippen LogP contribution in [0.1, 0.15) is 35.4 Å². The van der Waals surface area contributed by atoms with E-state index in [1.165, 1.54) is 33.8 Å². The molecule has 1 amide bonds. The molecule has 0 aliphatic carbocycles. The first-order chi connectivity index (χ1) is 15.6. The van der Waals surface area contributed by atoms with Crippen molar-refractivity contribution in [2.45, 2.75) is 38.5 Å². The highest BCUT2D eigenvalue weighted by Crippen LogP contribution is 2.35. The van der Waals surface area contributed by atoms with Crippen LogP contribution in [0.4, 0.5) is 17.6 Å². The first-order valence-corrected chi connectivity index (χ1v) is 10.7.